The van der Waals surface area contributed by atoms with Crippen LogP contribution in [0.5, 0.6) is 5.75 Å². The lowest BCUT2D eigenvalue weighted by Gasteiger charge is -2.22. The van der Waals surface area contributed by atoms with Gasteiger partial charge in [0.05, 0.1) is 35.1 Å². The van der Waals surface area contributed by atoms with Crippen molar-refractivity contribution in [3.63, 3.8) is 0 Å². The van der Waals surface area contributed by atoms with Crippen LogP contribution < -0.4 is 14.4 Å². The molecule has 0 atom stereocenters. The van der Waals surface area contributed by atoms with E-state index in [1.165, 1.54) is 26.3 Å². The van der Waals surface area contributed by atoms with E-state index in [4.69, 9.17) is 4.74 Å². The van der Waals surface area contributed by atoms with Crippen LogP contribution in [0.2, 0.25) is 0 Å². The van der Waals surface area contributed by atoms with Gasteiger partial charge in [-0.15, -0.1) is 0 Å². The fraction of sp³-hybridized carbons (Fsp3) is 0.120. The Balaban J connectivity index is 1.65. The number of rotatable bonds is 6. The number of hydrogen-bond donors (Lipinski definition) is 1. The number of carbonyl (C=O) groups excluding carboxylic acids is 1. The number of para-hydroxylation sites is 3. The summed E-state index contributed by atoms with van der Waals surface area (Å²) in [7, 11) is -1.00. The molecule has 168 valence electrons. The lowest BCUT2D eigenvalue weighted by atomic mass is 10.1. The average Bonchev–Trinajstić information content (AvgIpc) is 2.83. The minimum Gasteiger partial charge on any atom is -0.495 e. The number of carbonyl (C=O) groups is 1. The van der Waals surface area contributed by atoms with Crippen LogP contribution in [0.15, 0.2) is 83.9 Å². The van der Waals surface area contributed by atoms with Crippen LogP contribution in [0.25, 0.3) is 10.9 Å². The summed E-state index contributed by atoms with van der Waals surface area (Å²) >= 11 is 0. The van der Waals surface area contributed by atoms with Crippen LogP contribution in [0.3, 0.4) is 0 Å². The Labute approximate surface area is 192 Å². The predicted octanol–water partition coefficient (Wildman–Crippen LogP) is 4.63. The number of benzene rings is 3. The molecule has 0 fully saturated rings. The molecule has 3 aromatic carbocycles. The molecule has 1 aromatic heterocycles. The van der Waals surface area contributed by atoms with Gasteiger partial charge in [0.15, 0.2) is 0 Å². The third-order valence-corrected chi connectivity index (χ3v) is 7.15. The second kappa shape index (κ2) is 8.91. The summed E-state index contributed by atoms with van der Waals surface area (Å²) in [6, 6.07) is 20.7. The van der Waals surface area contributed by atoms with Crippen LogP contribution in [-0.4, -0.2) is 33.5 Å². The van der Waals surface area contributed by atoms with Crippen molar-refractivity contribution in [1.29, 1.82) is 0 Å². The van der Waals surface area contributed by atoms with Gasteiger partial charge in [0.25, 0.3) is 15.9 Å². The van der Waals surface area contributed by atoms with Gasteiger partial charge in [-0.25, -0.2) is 8.42 Å². The highest BCUT2D eigenvalue weighted by Crippen LogP contribution is 2.31. The number of methoxy groups -OCH3 is 1. The molecule has 0 aliphatic rings. The quantitative estimate of drug-likeness (QED) is 0.452. The Morgan fingerprint density at radius 3 is 2.52 bits per heavy atom. The molecule has 1 amide bonds. The van der Waals surface area contributed by atoms with Crippen molar-refractivity contribution in [3.8, 4) is 5.75 Å². The first kappa shape index (κ1) is 22.3. The molecule has 0 unspecified atom stereocenters. The highest BCUT2D eigenvalue weighted by Gasteiger charge is 2.25. The number of fused-ring (bicyclic) bond motifs is 1. The summed E-state index contributed by atoms with van der Waals surface area (Å²) in [4.78, 5) is 17.4. The zero-order valence-electron chi connectivity index (χ0n) is 18.4. The van der Waals surface area contributed by atoms with Gasteiger partial charge in [-0.05, 0) is 48.9 Å². The number of anilines is 2. The SMILES string of the molecule is COc1ccccc1N(C)S(=O)(=O)c1ccc(C)c(C(=O)Nc2cnc3ccccc3c2)c1. The molecular weight excluding hydrogens is 438 g/mol. The van der Waals surface area contributed by atoms with Crippen LogP contribution >= 0.6 is 0 Å². The summed E-state index contributed by atoms with van der Waals surface area (Å²) in [5, 5.41) is 3.71. The highest BCUT2D eigenvalue weighted by atomic mass is 32.2. The smallest absolute Gasteiger partial charge is 0.264 e. The molecule has 33 heavy (non-hydrogen) atoms. The zero-order chi connectivity index (χ0) is 23.6. The first-order valence-corrected chi connectivity index (χ1v) is 11.6. The molecular formula is C25H23N3O4S. The van der Waals surface area contributed by atoms with Crippen molar-refractivity contribution < 1.29 is 17.9 Å². The highest BCUT2D eigenvalue weighted by molar-refractivity contribution is 7.92. The van der Waals surface area contributed by atoms with Gasteiger partial charge in [-0.3, -0.25) is 14.1 Å². The fourth-order valence-electron chi connectivity index (χ4n) is 3.52. The molecule has 0 radical (unpaired) electrons. The third kappa shape index (κ3) is 4.38. The third-order valence-electron chi connectivity index (χ3n) is 5.38. The van der Waals surface area contributed by atoms with Gasteiger partial charge in [-0.2, -0.15) is 0 Å². The van der Waals surface area contributed by atoms with E-state index < -0.39 is 15.9 Å². The topological polar surface area (TPSA) is 88.6 Å². The summed E-state index contributed by atoms with van der Waals surface area (Å²) in [6.07, 6.45) is 1.58. The fourth-order valence-corrected chi connectivity index (χ4v) is 4.75. The van der Waals surface area contributed by atoms with E-state index >= 15 is 0 Å². The summed E-state index contributed by atoms with van der Waals surface area (Å²) in [5.74, 6) is 0.0130. The van der Waals surface area contributed by atoms with Crippen molar-refractivity contribution >= 4 is 38.2 Å². The molecule has 4 rings (SSSR count). The van der Waals surface area contributed by atoms with Gasteiger partial charge in [0.1, 0.15) is 5.75 Å². The van der Waals surface area contributed by atoms with E-state index in [0.29, 0.717) is 22.7 Å². The maximum absolute atomic E-state index is 13.3. The summed E-state index contributed by atoms with van der Waals surface area (Å²) in [5.41, 5.74) is 2.66. The molecule has 0 bridgehead atoms. The maximum atomic E-state index is 13.3. The van der Waals surface area contributed by atoms with Gasteiger partial charge in [0.2, 0.25) is 0 Å². The standard InChI is InChI=1S/C25H23N3O4S/c1-17-12-13-20(33(30,31)28(2)23-10-6-7-11-24(23)32-3)15-21(17)25(29)27-19-14-18-8-4-5-9-22(18)26-16-19/h4-16H,1-3H3,(H,27,29). The largest absolute Gasteiger partial charge is 0.495 e. The van der Waals surface area contributed by atoms with Crippen molar-refractivity contribution in [3.05, 3.63) is 90.1 Å². The van der Waals surface area contributed by atoms with E-state index in [1.54, 1.807) is 43.5 Å². The summed E-state index contributed by atoms with van der Waals surface area (Å²) < 4.78 is 33.1. The molecule has 1 heterocycles. The van der Waals surface area contributed by atoms with Crippen molar-refractivity contribution in [1.82, 2.24) is 4.98 Å². The number of amides is 1. The number of aryl methyl sites for hydroxylation is 1. The summed E-state index contributed by atoms with van der Waals surface area (Å²) in [6.45, 7) is 1.76. The molecule has 0 aliphatic carbocycles. The molecule has 0 aliphatic heterocycles. The second-order valence-electron chi connectivity index (χ2n) is 7.49. The Morgan fingerprint density at radius 2 is 1.73 bits per heavy atom. The van der Waals surface area contributed by atoms with E-state index in [1.807, 2.05) is 30.3 Å². The average molecular weight is 462 g/mol. The second-order valence-corrected chi connectivity index (χ2v) is 9.46. The normalized spacial score (nSPS) is 11.2. The molecule has 7 nitrogen and oxygen atoms in total. The van der Waals surface area contributed by atoms with E-state index in [2.05, 4.69) is 10.3 Å². The number of ether oxygens (including phenoxy) is 1. The number of sulfonamides is 1. The van der Waals surface area contributed by atoms with Crippen molar-refractivity contribution in [2.24, 2.45) is 0 Å². The van der Waals surface area contributed by atoms with Crippen molar-refractivity contribution in [2.75, 3.05) is 23.8 Å². The molecule has 0 saturated carbocycles. The first-order chi connectivity index (χ1) is 15.8. The lowest BCUT2D eigenvalue weighted by molar-refractivity contribution is 0.102. The number of pyridine rings is 1. The monoisotopic (exact) mass is 461 g/mol. The Bertz CT molecular complexity index is 1450. The zero-order valence-corrected chi connectivity index (χ0v) is 19.3. The van der Waals surface area contributed by atoms with E-state index in [0.717, 1.165) is 15.2 Å². The molecule has 1 N–H and O–H groups in total. The lowest BCUT2D eigenvalue weighted by Crippen LogP contribution is -2.27. The van der Waals surface area contributed by atoms with Gasteiger partial charge >= 0.3 is 0 Å². The Hall–Kier alpha value is -3.91. The van der Waals surface area contributed by atoms with Crippen molar-refractivity contribution in [2.45, 2.75) is 11.8 Å². The van der Waals surface area contributed by atoms with Gasteiger partial charge in [0, 0.05) is 18.0 Å². The number of hydrogen-bond acceptors (Lipinski definition) is 5. The molecule has 0 spiro atoms. The number of nitrogens with one attached hydrogen (secondary N) is 1. The Kier molecular flexibility index (Phi) is 6.02. The van der Waals surface area contributed by atoms with Gasteiger partial charge < -0.3 is 10.1 Å². The number of aromatic nitrogens is 1. The van der Waals surface area contributed by atoms with Gasteiger partial charge in [-0.1, -0.05) is 36.4 Å². The predicted molar refractivity (Wildman–Crippen MR) is 129 cm³/mol. The van der Waals surface area contributed by atoms with E-state index in [-0.39, 0.29) is 10.5 Å². The maximum Gasteiger partial charge on any atom is 0.264 e. The molecule has 8 heteroatoms. The van der Waals surface area contributed by atoms with Crippen LogP contribution in [0.1, 0.15) is 15.9 Å². The number of nitrogens with zero attached hydrogens (tertiary/aromatic N) is 2. The van der Waals surface area contributed by atoms with Crippen LogP contribution in [-0.2, 0) is 10.0 Å². The molecule has 0 saturated heterocycles. The van der Waals surface area contributed by atoms with Crippen LogP contribution in [0, 0.1) is 6.92 Å². The molecule has 4 aromatic rings. The Morgan fingerprint density at radius 1 is 1.00 bits per heavy atom. The minimum absolute atomic E-state index is 0.00305. The van der Waals surface area contributed by atoms with Crippen LogP contribution in [0.4, 0.5) is 11.4 Å². The minimum atomic E-state index is -3.94. The first-order valence-electron chi connectivity index (χ1n) is 10.2. The van der Waals surface area contributed by atoms with E-state index in [9.17, 15) is 13.2 Å².